The van der Waals surface area contributed by atoms with E-state index in [1.165, 1.54) is 5.69 Å². The van der Waals surface area contributed by atoms with Crippen molar-refractivity contribution in [1.82, 2.24) is 20.1 Å². The molecule has 0 spiro atoms. The highest BCUT2D eigenvalue weighted by Gasteiger charge is 2.43. The Bertz CT molecular complexity index is 1830. The molecule has 4 fully saturated rings. The van der Waals surface area contributed by atoms with Crippen molar-refractivity contribution < 1.29 is 19.5 Å². The lowest BCUT2D eigenvalue weighted by Crippen LogP contribution is -2.63. The molecule has 2 unspecified atom stereocenters. The Labute approximate surface area is 297 Å². The first-order chi connectivity index (χ1) is 24.7. The monoisotopic (exact) mass is 691 g/mol. The van der Waals surface area contributed by atoms with Crippen molar-refractivity contribution in [2.24, 2.45) is 9.98 Å². The lowest BCUT2D eigenvalue weighted by atomic mass is 9.90. The third-order valence-corrected chi connectivity index (χ3v) is 11.4. The number of piperazine rings is 1. The van der Waals surface area contributed by atoms with Gasteiger partial charge in [0.1, 0.15) is 11.6 Å². The molecule has 13 nitrogen and oxygen atoms in total. The lowest BCUT2D eigenvalue weighted by molar-refractivity contribution is -0.134. The number of allylic oxidation sites excluding steroid dienone is 1. The van der Waals surface area contributed by atoms with Crippen LogP contribution in [0.1, 0.15) is 63.9 Å². The minimum absolute atomic E-state index is 0.0286. The molecule has 2 atom stereocenters. The number of guanidine groups is 1. The number of aliphatic imine (C=N–C) groups is 2. The minimum Gasteiger partial charge on any atom is -0.512 e. The van der Waals surface area contributed by atoms with Crippen molar-refractivity contribution >= 4 is 47.1 Å². The molecule has 6 heterocycles. The molecular weight excluding hydrogens is 646 g/mol. The largest absolute Gasteiger partial charge is 0.512 e. The standard InChI is InChI=1S/C38H45N9O4/c1-23-31-20-40-38(43-35(31)47(27-5-3-4-6-27)37(51)34(23)24(2)48)41-32-13-11-28(19-39-32)44-15-17-45(18-16-44)29-21-46(22-29)26-9-7-25(8-10-26)30-12-14-33(49)42-36(30)50/h7-11,13,19-20,27,29-30,35,48H,3-6,12,14-18,21-22H2,1-2H3,(H,39,41,43)(H,42,49,50)/b34-24+. The van der Waals surface area contributed by atoms with Gasteiger partial charge in [0.15, 0.2) is 6.17 Å². The van der Waals surface area contributed by atoms with Gasteiger partial charge in [-0.05, 0) is 68.5 Å². The number of carbonyl (C=O) groups is 3. The van der Waals surface area contributed by atoms with Crippen molar-refractivity contribution in [3.8, 4) is 0 Å². The Morgan fingerprint density at radius 1 is 0.902 bits per heavy atom. The van der Waals surface area contributed by atoms with Gasteiger partial charge in [-0.15, -0.1) is 0 Å². The van der Waals surface area contributed by atoms with Crippen LogP contribution in [0.15, 0.2) is 75.1 Å². The van der Waals surface area contributed by atoms with Crippen molar-refractivity contribution in [2.75, 3.05) is 54.4 Å². The summed E-state index contributed by atoms with van der Waals surface area (Å²) in [7, 11) is 0. The summed E-state index contributed by atoms with van der Waals surface area (Å²) >= 11 is 0. The smallest absolute Gasteiger partial charge is 0.259 e. The van der Waals surface area contributed by atoms with Crippen LogP contribution in [0.4, 0.5) is 17.2 Å². The molecule has 6 aliphatic rings. The van der Waals surface area contributed by atoms with Crippen LogP contribution in [0.3, 0.4) is 0 Å². The van der Waals surface area contributed by atoms with E-state index in [0.717, 1.165) is 87.3 Å². The molecule has 5 aliphatic heterocycles. The van der Waals surface area contributed by atoms with E-state index in [1.54, 1.807) is 13.1 Å². The zero-order valence-corrected chi connectivity index (χ0v) is 29.2. The molecular formula is C38H45N9O4. The fraction of sp³-hybridized carbons (Fsp3) is 0.474. The molecule has 3 amide bonds. The topological polar surface area (TPSA) is 146 Å². The van der Waals surface area contributed by atoms with E-state index < -0.39 is 6.17 Å². The summed E-state index contributed by atoms with van der Waals surface area (Å²) in [6, 6.07) is 12.9. The van der Waals surface area contributed by atoms with Gasteiger partial charge < -0.3 is 25.1 Å². The summed E-state index contributed by atoms with van der Waals surface area (Å²) < 4.78 is 0. The number of piperidine rings is 1. The fourth-order valence-electron chi connectivity index (χ4n) is 8.44. The quantitative estimate of drug-likeness (QED) is 0.234. The number of carbonyl (C=O) groups excluding carboxylic acids is 3. The lowest BCUT2D eigenvalue weighted by Gasteiger charge is -2.49. The highest BCUT2D eigenvalue weighted by Crippen LogP contribution is 2.37. The molecule has 2 aromatic rings. The number of nitrogens with one attached hydrogen (secondary N) is 2. The first kappa shape index (κ1) is 33.1. The fourth-order valence-corrected chi connectivity index (χ4v) is 8.44. The maximum Gasteiger partial charge on any atom is 0.259 e. The third-order valence-electron chi connectivity index (χ3n) is 11.4. The molecule has 8 rings (SSSR count). The number of aliphatic hydroxyl groups excluding tert-OH is 1. The average molecular weight is 692 g/mol. The van der Waals surface area contributed by atoms with E-state index in [1.807, 2.05) is 36.2 Å². The second-order valence-electron chi connectivity index (χ2n) is 14.5. The zero-order valence-electron chi connectivity index (χ0n) is 29.2. The normalized spacial score (nSPS) is 25.9. The van der Waals surface area contributed by atoms with Crippen LogP contribution in [0.2, 0.25) is 0 Å². The zero-order chi connectivity index (χ0) is 35.2. The second kappa shape index (κ2) is 13.6. The van der Waals surface area contributed by atoms with Crippen LogP contribution in [0.5, 0.6) is 0 Å². The van der Waals surface area contributed by atoms with Crippen molar-refractivity contribution in [3.05, 3.63) is 70.6 Å². The predicted octanol–water partition coefficient (Wildman–Crippen LogP) is 3.72. The number of amides is 3. The molecule has 1 aliphatic carbocycles. The van der Waals surface area contributed by atoms with Crippen molar-refractivity contribution in [3.63, 3.8) is 0 Å². The Hall–Kier alpha value is -5.04. The molecule has 1 aromatic carbocycles. The number of imide groups is 1. The number of anilines is 3. The van der Waals surface area contributed by atoms with Gasteiger partial charge in [0, 0.05) is 75.2 Å². The maximum atomic E-state index is 13.6. The maximum absolute atomic E-state index is 13.6. The van der Waals surface area contributed by atoms with Crippen LogP contribution in [-0.4, -0.2) is 107 Å². The Kier molecular flexibility index (Phi) is 8.83. The number of hydrogen-bond donors (Lipinski definition) is 3. The second-order valence-corrected chi connectivity index (χ2v) is 14.5. The molecule has 0 bridgehead atoms. The summed E-state index contributed by atoms with van der Waals surface area (Å²) in [5.41, 5.74) is 5.13. The number of aromatic nitrogens is 1. The van der Waals surface area contributed by atoms with E-state index in [4.69, 9.17) is 4.99 Å². The summed E-state index contributed by atoms with van der Waals surface area (Å²) in [6.45, 7) is 9.20. The minimum atomic E-state index is -0.479. The van der Waals surface area contributed by atoms with Crippen LogP contribution in [0.25, 0.3) is 0 Å². The van der Waals surface area contributed by atoms with Crippen LogP contribution >= 0.6 is 0 Å². The SMILES string of the molecule is CC1=C2C=NC(Nc3ccc(N4CCN(C5CN(c6ccc(C7CCC(=O)NC7=O)cc6)C5)CC4)cn3)=NC2N(C2CCCC2)C(=O)/C1=C(\C)O. The van der Waals surface area contributed by atoms with E-state index in [0.29, 0.717) is 36.2 Å². The molecule has 0 radical (unpaired) electrons. The molecule has 3 N–H and O–H groups in total. The number of benzene rings is 1. The van der Waals surface area contributed by atoms with Crippen LogP contribution < -0.4 is 20.4 Å². The number of fused-ring (bicyclic) bond motifs is 1. The Morgan fingerprint density at radius 2 is 1.63 bits per heavy atom. The van der Waals surface area contributed by atoms with Gasteiger partial charge in [0.25, 0.3) is 5.91 Å². The Balaban J connectivity index is 0.843. The van der Waals surface area contributed by atoms with E-state index in [9.17, 15) is 19.5 Å². The molecule has 1 aromatic heterocycles. The highest BCUT2D eigenvalue weighted by atomic mass is 16.3. The number of aliphatic hydroxyl groups is 1. The van der Waals surface area contributed by atoms with Crippen LogP contribution in [-0.2, 0) is 14.4 Å². The number of rotatable bonds is 6. The average Bonchev–Trinajstić information content (AvgIpc) is 3.63. The first-order valence-electron chi connectivity index (χ1n) is 18.2. The van der Waals surface area contributed by atoms with Gasteiger partial charge in [-0.2, -0.15) is 0 Å². The first-order valence-corrected chi connectivity index (χ1v) is 18.2. The summed E-state index contributed by atoms with van der Waals surface area (Å²) in [5.74, 6) is 0.278. The molecule has 266 valence electrons. The predicted molar refractivity (Wildman–Crippen MR) is 196 cm³/mol. The van der Waals surface area contributed by atoms with E-state index in [2.05, 4.69) is 53.5 Å². The van der Waals surface area contributed by atoms with Gasteiger partial charge in [0.2, 0.25) is 17.8 Å². The van der Waals surface area contributed by atoms with Crippen molar-refractivity contribution in [1.29, 1.82) is 0 Å². The highest BCUT2D eigenvalue weighted by molar-refractivity contribution is 6.09. The summed E-state index contributed by atoms with van der Waals surface area (Å²) in [6.07, 6.45) is 8.15. The van der Waals surface area contributed by atoms with Gasteiger partial charge in [-0.3, -0.25) is 24.6 Å². The van der Waals surface area contributed by atoms with Gasteiger partial charge in [-0.25, -0.2) is 15.0 Å². The number of pyridine rings is 1. The van der Waals surface area contributed by atoms with E-state index in [-0.39, 0.29) is 35.4 Å². The van der Waals surface area contributed by atoms with Gasteiger partial charge in [-0.1, -0.05) is 25.0 Å². The van der Waals surface area contributed by atoms with Crippen LogP contribution in [0, 0.1) is 0 Å². The third kappa shape index (κ3) is 6.39. The van der Waals surface area contributed by atoms with Crippen molar-refractivity contribution in [2.45, 2.75) is 76.5 Å². The molecule has 51 heavy (non-hydrogen) atoms. The van der Waals surface area contributed by atoms with E-state index >= 15 is 0 Å². The molecule has 1 saturated carbocycles. The number of nitrogens with zero attached hydrogens (tertiary/aromatic N) is 7. The molecule has 3 saturated heterocycles. The Morgan fingerprint density at radius 3 is 2.29 bits per heavy atom. The van der Waals surface area contributed by atoms with Gasteiger partial charge >= 0.3 is 0 Å². The molecule has 13 heteroatoms. The number of hydrogen-bond acceptors (Lipinski definition) is 11. The van der Waals surface area contributed by atoms with Gasteiger partial charge in [0.05, 0.1) is 23.4 Å². The summed E-state index contributed by atoms with van der Waals surface area (Å²) in [5, 5.41) is 16.1. The summed E-state index contributed by atoms with van der Waals surface area (Å²) in [4.78, 5) is 60.7.